The van der Waals surface area contributed by atoms with E-state index in [0.29, 0.717) is 0 Å². The van der Waals surface area contributed by atoms with E-state index < -0.39 is 11.0 Å². The van der Waals surface area contributed by atoms with E-state index in [1.807, 2.05) is 0 Å². The normalized spacial score (nSPS) is 11.4. The van der Waals surface area contributed by atoms with Gasteiger partial charge in [-0.15, -0.1) is 0 Å². The molecule has 0 fully saturated rings. The van der Waals surface area contributed by atoms with Gasteiger partial charge in [0.25, 0.3) is 11.1 Å². The topological polar surface area (TPSA) is 71.9 Å². The molecule has 5 heteroatoms. The van der Waals surface area contributed by atoms with Crippen LogP contribution in [0.3, 0.4) is 0 Å². The number of hydrogen-bond donors (Lipinski definition) is 1. The fourth-order valence-corrected chi connectivity index (χ4v) is 0.961. The van der Waals surface area contributed by atoms with E-state index in [2.05, 4.69) is 5.10 Å². The Morgan fingerprint density at radius 2 is 1.93 bits per heavy atom. The highest BCUT2D eigenvalue weighted by atomic mass is 16.2. The van der Waals surface area contributed by atoms with Crippen molar-refractivity contribution in [3.05, 3.63) is 32.8 Å². The monoisotopic (exact) mass is 210 g/mol. The van der Waals surface area contributed by atoms with Gasteiger partial charge in [-0.25, -0.2) is 4.68 Å². The van der Waals surface area contributed by atoms with Crippen LogP contribution in [0.4, 0.5) is 0 Å². The maximum Gasteiger partial charge on any atom is 0.265 e. The molecule has 0 radical (unpaired) electrons. The number of aromatic nitrogens is 2. The smallest absolute Gasteiger partial charge is 0.265 e. The zero-order valence-electron chi connectivity index (χ0n) is 9.03. The molecule has 1 rings (SSSR count). The molecule has 82 valence electrons. The van der Waals surface area contributed by atoms with Crippen LogP contribution in [0.1, 0.15) is 20.8 Å². The number of rotatable bonds is 2. The van der Waals surface area contributed by atoms with Crippen molar-refractivity contribution in [2.24, 2.45) is 5.41 Å². The second kappa shape index (κ2) is 3.84. The van der Waals surface area contributed by atoms with Crippen molar-refractivity contribution in [3.8, 4) is 0 Å². The summed E-state index contributed by atoms with van der Waals surface area (Å²) >= 11 is 0. The molecule has 1 N–H and O–H groups in total. The van der Waals surface area contributed by atoms with Gasteiger partial charge in [-0.05, 0) is 0 Å². The summed E-state index contributed by atoms with van der Waals surface area (Å²) in [6, 6.07) is 2.29. The van der Waals surface area contributed by atoms with Gasteiger partial charge in [-0.1, -0.05) is 20.8 Å². The molecule has 0 aromatic carbocycles. The summed E-state index contributed by atoms with van der Waals surface area (Å²) in [4.78, 5) is 33.8. The molecule has 1 aromatic heterocycles. The number of nitrogens with zero attached hydrogens (tertiary/aromatic N) is 1. The van der Waals surface area contributed by atoms with Crippen LogP contribution in [0.5, 0.6) is 0 Å². The van der Waals surface area contributed by atoms with Gasteiger partial charge < -0.3 is 0 Å². The number of Topliss-reactive ketones (excluding diaryl/α,β-unsaturated/α-hetero) is 1. The first-order valence-corrected chi connectivity index (χ1v) is 4.64. The minimum atomic E-state index is -0.522. The Labute approximate surface area is 86.7 Å². The lowest BCUT2D eigenvalue weighted by atomic mass is 9.91. The molecular formula is C10H14N2O3. The van der Waals surface area contributed by atoms with Gasteiger partial charge in [0.05, 0.1) is 0 Å². The summed E-state index contributed by atoms with van der Waals surface area (Å²) in [5.41, 5.74) is -1.30. The van der Waals surface area contributed by atoms with Gasteiger partial charge in [-0.2, -0.15) is 0 Å². The first kappa shape index (κ1) is 11.4. The van der Waals surface area contributed by atoms with Gasteiger partial charge in [-0.3, -0.25) is 19.5 Å². The van der Waals surface area contributed by atoms with E-state index in [9.17, 15) is 14.4 Å². The molecule has 0 unspecified atom stereocenters. The molecule has 0 saturated heterocycles. The lowest BCUT2D eigenvalue weighted by Gasteiger charge is -2.16. The molecule has 0 aliphatic carbocycles. The number of hydrogen-bond acceptors (Lipinski definition) is 3. The summed E-state index contributed by atoms with van der Waals surface area (Å²) in [6.07, 6.45) is 0. The van der Waals surface area contributed by atoms with E-state index in [0.717, 1.165) is 16.8 Å². The highest BCUT2D eigenvalue weighted by Crippen LogP contribution is 2.14. The Hall–Kier alpha value is -1.65. The van der Waals surface area contributed by atoms with Crippen LogP contribution >= 0.6 is 0 Å². The SMILES string of the molecule is CC(C)(C)C(=O)Cn1[nH]c(=O)ccc1=O. The number of H-pyrrole nitrogens is 1. The maximum atomic E-state index is 11.6. The van der Waals surface area contributed by atoms with Crippen molar-refractivity contribution in [3.63, 3.8) is 0 Å². The lowest BCUT2D eigenvalue weighted by molar-refractivity contribution is -0.127. The first-order chi connectivity index (χ1) is 6.80. The van der Waals surface area contributed by atoms with E-state index in [1.165, 1.54) is 0 Å². The maximum absolute atomic E-state index is 11.6. The summed E-state index contributed by atoms with van der Waals surface area (Å²) in [5, 5.41) is 2.31. The van der Waals surface area contributed by atoms with Crippen LogP contribution in [-0.4, -0.2) is 15.6 Å². The average Bonchev–Trinajstić information content (AvgIpc) is 2.09. The van der Waals surface area contributed by atoms with Crippen molar-refractivity contribution in [2.75, 3.05) is 0 Å². The minimum absolute atomic E-state index is 0.0988. The number of carbonyl (C=O) groups excluding carboxylic acids is 1. The van der Waals surface area contributed by atoms with Gasteiger partial charge in [0, 0.05) is 17.5 Å². The Kier molecular flexibility index (Phi) is 2.93. The Morgan fingerprint density at radius 3 is 2.47 bits per heavy atom. The second-order valence-electron chi connectivity index (χ2n) is 4.41. The van der Waals surface area contributed by atoms with Crippen LogP contribution in [-0.2, 0) is 11.3 Å². The molecule has 5 nitrogen and oxygen atoms in total. The second-order valence-corrected chi connectivity index (χ2v) is 4.41. The zero-order valence-corrected chi connectivity index (χ0v) is 9.03. The molecule has 1 aromatic rings. The van der Waals surface area contributed by atoms with Gasteiger partial charge in [0.2, 0.25) is 0 Å². The molecule has 15 heavy (non-hydrogen) atoms. The van der Waals surface area contributed by atoms with Crippen LogP contribution in [0, 0.1) is 5.41 Å². The van der Waals surface area contributed by atoms with E-state index >= 15 is 0 Å². The summed E-state index contributed by atoms with van der Waals surface area (Å²) in [7, 11) is 0. The number of aromatic amines is 1. The predicted octanol–water partition coefficient (Wildman–Crippen LogP) is 0.152. The quantitative estimate of drug-likeness (QED) is 0.755. The molecule has 0 aliphatic rings. The highest BCUT2D eigenvalue weighted by molar-refractivity contribution is 5.83. The lowest BCUT2D eigenvalue weighted by Crippen LogP contribution is -2.34. The third-order valence-electron chi connectivity index (χ3n) is 2.03. The van der Waals surface area contributed by atoms with Crippen LogP contribution in [0.15, 0.2) is 21.7 Å². The van der Waals surface area contributed by atoms with E-state index in [-0.39, 0.29) is 17.9 Å². The molecule has 1 heterocycles. The molecular weight excluding hydrogens is 196 g/mol. The van der Waals surface area contributed by atoms with Crippen LogP contribution in [0.25, 0.3) is 0 Å². The van der Waals surface area contributed by atoms with Crippen molar-refractivity contribution in [1.82, 2.24) is 9.78 Å². The molecule has 0 atom stereocenters. The average molecular weight is 210 g/mol. The molecule has 0 spiro atoms. The molecule has 0 aliphatic heterocycles. The van der Waals surface area contributed by atoms with Crippen LogP contribution < -0.4 is 11.1 Å². The number of nitrogens with one attached hydrogen (secondary N) is 1. The Bertz CT molecular complexity index is 476. The largest absolute Gasteiger partial charge is 0.297 e. The van der Waals surface area contributed by atoms with Crippen molar-refractivity contribution < 1.29 is 4.79 Å². The minimum Gasteiger partial charge on any atom is -0.297 e. The van der Waals surface area contributed by atoms with E-state index in [4.69, 9.17) is 0 Å². The predicted molar refractivity (Wildman–Crippen MR) is 55.8 cm³/mol. The summed E-state index contributed by atoms with van der Waals surface area (Å²) < 4.78 is 1.02. The fourth-order valence-electron chi connectivity index (χ4n) is 0.961. The summed E-state index contributed by atoms with van der Waals surface area (Å²) in [5.74, 6) is -0.105. The van der Waals surface area contributed by atoms with Crippen molar-refractivity contribution >= 4 is 5.78 Å². The number of ketones is 1. The summed E-state index contributed by atoms with van der Waals surface area (Å²) in [6.45, 7) is 5.20. The first-order valence-electron chi connectivity index (χ1n) is 4.64. The highest BCUT2D eigenvalue weighted by Gasteiger charge is 2.21. The fraction of sp³-hybridized carbons (Fsp3) is 0.500. The molecule has 0 saturated carbocycles. The third kappa shape index (κ3) is 2.90. The standard InChI is InChI=1S/C10H14N2O3/c1-10(2,3)7(13)6-12-9(15)5-4-8(14)11-12/h4-5H,6H2,1-3H3,(H,11,14). The molecule has 0 amide bonds. The Morgan fingerprint density at radius 1 is 1.33 bits per heavy atom. The van der Waals surface area contributed by atoms with Crippen molar-refractivity contribution in [2.45, 2.75) is 27.3 Å². The zero-order chi connectivity index (χ0) is 11.6. The Balaban J connectivity index is 3.01. The van der Waals surface area contributed by atoms with E-state index in [1.54, 1.807) is 20.8 Å². The van der Waals surface area contributed by atoms with Gasteiger partial charge in [0.1, 0.15) is 6.54 Å². The van der Waals surface area contributed by atoms with Crippen molar-refractivity contribution in [1.29, 1.82) is 0 Å². The molecule has 0 bridgehead atoms. The van der Waals surface area contributed by atoms with Crippen LogP contribution in [0.2, 0.25) is 0 Å². The van der Waals surface area contributed by atoms with Gasteiger partial charge >= 0.3 is 0 Å². The third-order valence-corrected chi connectivity index (χ3v) is 2.03. The number of carbonyl (C=O) groups is 1. The van der Waals surface area contributed by atoms with Gasteiger partial charge in [0.15, 0.2) is 5.78 Å².